The molecule has 5 nitrogen and oxygen atoms in total. The third-order valence-electron chi connectivity index (χ3n) is 2.65. The number of nitrogens with zero attached hydrogens (tertiary/aromatic N) is 2. The van der Waals surface area contributed by atoms with E-state index in [9.17, 15) is 9.18 Å². The molecule has 0 spiro atoms. The van der Waals surface area contributed by atoms with Crippen LogP contribution in [0.2, 0.25) is 0 Å². The Morgan fingerprint density at radius 2 is 2.33 bits per heavy atom. The van der Waals surface area contributed by atoms with Crippen LogP contribution in [0, 0.1) is 11.7 Å². The summed E-state index contributed by atoms with van der Waals surface area (Å²) in [5, 5.41) is 8.82. The molecule has 0 saturated carbocycles. The van der Waals surface area contributed by atoms with Crippen molar-refractivity contribution in [1.82, 2.24) is 4.98 Å². The Hall–Kier alpha value is -2.11. The summed E-state index contributed by atoms with van der Waals surface area (Å²) in [5.41, 5.74) is 0.502. The van der Waals surface area contributed by atoms with Crippen LogP contribution in [0.15, 0.2) is 22.6 Å². The number of hydrogen-bond acceptors (Lipinski definition) is 4. The van der Waals surface area contributed by atoms with Crippen LogP contribution in [0.1, 0.15) is 6.92 Å². The van der Waals surface area contributed by atoms with E-state index in [4.69, 9.17) is 9.52 Å². The van der Waals surface area contributed by atoms with Gasteiger partial charge in [-0.2, -0.15) is 4.98 Å². The molecule has 96 valence electrons. The van der Waals surface area contributed by atoms with E-state index in [0.717, 1.165) is 0 Å². The van der Waals surface area contributed by atoms with E-state index in [1.54, 1.807) is 24.9 Å². The van der Waals surface area contributed by atoms with E-state index < -0.39 is 17.7 Å². The minimum Gasteiger partial charge on any atom is -0.481 e. The van der Waals surface area contributed by atoms with E-state index in [2.05, 4.69) is 4.98 Å². The molecule has 0 aliphatic rings. The lowest BCUT2D eigenvalue weighted by Gasteiger charge is -2.16. The first-order valence-electron chi connectivity index (χ1n) is 5.48. The fourth-order valence-corrected chi connectivity index (χ4v) is 1.63. The summed E-state index contributed by atoms with van der Waals surface area (Å²) in [4.78, 5) is 16.3. The van der Waals surface area contributed by atoms with Gasteiger partial charge in [0.1, 0.15) is 5.52 Å². The summed E-state index contributed by atoms with van der Waals surface area (Å²) in [6.45, 7) is 1.83. The second-order valence-corrected chi connectivity index (χ2v) is 4.20. The highest BCUT2D eigenvalue weighted by atomic mass is 19.1. The summed E-state index contributed by atoms with van der Waals surface area (Å²) >= 11 is 0. The number of hydrogen-bond donors (Lipinski definition) is 1. The molecule has 1 N–H and O–H groups in total. The van der Waals surface area contributed by atoms with Crippen LogP contribution in [0.4, 0.5) is 10.4 Å². The topological polar surface area (TPSA) is 66.6 Å². The molecule has 1 atom stereocenters. The minimum absolute atomic E-state index is 0.155. The molecule has 1 heterocycles. The van der Waals surface area contributed by atoms with Gasteiger partial charge in [-0.1, -0.05) is 13.0 Å². The molecule has 1 aromatic heterocycles. The summed E-state index contributed by atoms with van der Waals surface area (Å²) in [6, 6.07) is 4.66. The Bertz CT molecular complexity index is 582. The lowest BCUT2D eigenvalue weighted by Crippen LogP contribution is -2.28. The van der Waals surface area contributed by atoms with Crippen LogP contribution < -0.4 is 4.90 Å². The predicted molar refractivity (Wildman–Crippen MR) is 64.0 cm³/mol. The number of aliphatic carboxylic acids is 1. The van der Waals surface area contributed by atoms with Crippen molar-refractivity contribution in [2.24, 2.45) is 5.92 Å². The number of rotatable bonds is 4. The van der Waals surface area contributed by atoms with Gasteiger partial charge in [0.25, 0.3) is 6.01 Å². The number of benzene rings is 1. The van der Waals surface area contributed by atoms with Gasteiger partial charge >= 0.3 is 5.97 Å². The first-order valence-corrected chi connectivity index (χ1v) is 5.48. The number of carboxylic acid groups (broad SMARTS) is 1. The quantitative estimate of drug-likeness (QED) is 0.902. The number of anilines is 1. The monoisotopic (exact) mass is 252 g/mol. The molecule has 0 bridgehead atoms. The number of fused-ring (bicyclic) bond motifs is 1. The van der Waals surface area contributed by atoms with Gasteiger partial charge in [0, 0.05) is 13.6 Å². The molecule has 0 saturated heterocycles. The molecule has 6 heteroatoms. The Balaban J connectivity index is 2.26. The molecule has 0 amide bonds. The zero-order chi connectivity index (χ0) is 13.3. The van der Waals surface area contributed by atoms with Crippen LogP contribution in [0.25, 0.3) is 11.1 Å². The standard InChI is InChI=1S/C12H13FN2O3/c1-7(11(16)17)6-15(2)12-14-10-8(13)4-3-5-9(10)18-12/h3-5,7H,6H2,1-2H3,(H,16,17). The van der Waals surface area contributed by atoms with Gasteiger partial charge in [0.05, 0.1) is 5.92 Å². The first-order chi connectivity index (χ1) is 8.49. The van der Waals surface area contributed by atoms with Crippen LogP contribution >= 0.6 is 0 Å². The fraction of sp³-hybridized carbons (Fsp3) is 0.333. The second-order valence-electron chi connectivity index (χ2n) is 4.20. The third-order valence-corrected chi connectivity index (χ3v) is 2.65. The van der Waals surface area contributed by atoms with Crippen molar-refractivity contribution in [2.45, 2.75) is 6.92 Å². The van der Waals surface area contributed by atoms with Crippen molar-refractivity contribution < 1.29 is 18.7 Å². The van der Waals surface area contributed by atoms with Gasteiger partial charge in [0.15, 0.2) is 11.4 Å². The van der Waals surface area contributed by atoms with E-state index in [-0.39, 0.29) is 18.1 Å². The zero-order valence-electron chi connectivity index (χ0n) is 10.1. The fourth-order valence-electron chi connectivity index (χ4n) is 1.63. The number of halogens is 1. The number of para-hydroxylation sites is 1. The number of aromatic nitrogens is 1. The van der Waals surface area contributed by atoms with E-state index in [1.807, 2.05) is 0 Å². The molecule has 0 radical (unpaired) electrons. The van der Waals surface area contributed by atoms with Crippen molar-refractivity contribution in [3.8, 4) is 0 Å². The van der Waals surface area contributed by atoms with Crippen molar-refractivity contribution in [3.63, 3.8) is 0 Å². The number of carboxylic acids is 1. The van der Waals surface area contributed by atoms with Crippen molar-refractivity contribution >= 4 is 23.1 Å². The van der Waals surface area contributed by atoms with Crippen LogP contribution in [0.5, 0.6) is 0 Å². The maximum atomic E-state index is 13.4. The molecule has 2 aromatic rings. The van der Waals surface area contributed by atoms with Crippen LogP contribution in [0.3, 0.4) is 0 Å². The Labute approximate surface area is 103 Å². The van der Waals surface area contributed by atoms with Crippen LogP contribution in [-0.2, 0) is 4.79 Å². The number of carbonyl (C=O) groups is 1. The van der Waals surface area contributed by atoms with E-state index in [1.165, 1.54) is 12.1 Å². The van der Waals surface area contributed by atoms with Crippen molar-refractivity contribution in [3.05, 3.63) is 24.0 Å². The van der Waals surface area contributed by atoms with E-state index in [0.29, 0.717) is 5.58 Å². The third kappa shape index (κ3) is 2.27. The summed E-state index contributed by atoms with van der Waals surface area (Å²) < 4.78 is 18.8. The minimum atomic E-state index is -0.899. The molecule has 0 aliphatic carbocycles. The Morgan fingerprint density at radius 3 is 2.94 bits per heavy atom. The molecule has 1 unspecified atom stereocenters. The lowest BCUT2D eigenvalue weighted by molar-refractivity contribution is -0.140. The summed E-state index contributed by atoms with van der Waals surface area (Å²) in [6.07, 6.45) is 0. The largest absolute Gasteiger partial charge is 0.481 e. The Kier molecular flexibility index (Phi) is 3.18. The Morgan fingerprint density at radius 1 is 1.61 bits per heavy atom. The van der Waals surface area contributed by atoms with Gasteiger partial charge in [-0.15, -0.1) is 0 Å². The van der Waals surface area contributed by atoms with Gasteiger partial charge < -0.3 is 14.4 Å². The molecular weight excluding hydrogens is 239 g/mol. The first kappa shape index (κ1) is 12.3. The molecule has 0 fully saturated rings. The van der Waals surface area contributed by atoms with Crippen LogP contribution in [-0.4, -0.2) is 29.7 Å². The summed E-state index contributed by atoms with van der Waals surface area (Å²) in [5.74, 6) is -1.92. The average molecular weight is 252 g/mol. The van der Waals surface area contributed by atoms with Crippen molar-refractivity contribution in [2.75, 3.05) is 18.5 Å². The summed E-state index contributed by atoms with van der Waals surface area (Å²) in [7, 11) is 1.65. The molecule has 2 rings (SSSR count). The maximum Gasteiger partial charge on any atom is 0.308 e. The van der Waals surface area contributed by atoms with Gasteiger partial charge in [-0.05, 0) is 12.1 Å². The van der Waals surface area contributed by atoms with Gasteiger partial charge in [-0.25, -0.2) is 4.39 Å². The second kappa shape index (κ2) is 4.64. The van der Waals surface area contributed by atoms with E-state index >= 15 is 0 Å². The molecule has 1 aromatic carbocycles. The van der Waals surface area contributed by atoms with Gasteiger partial charge in [0.2, 0.25) is 0 Å². The molecule has 0 aliphatic heterocycles. The highest BCUT2D eigenvalue weighted by molar-refractivity contribution is 5.75. The van der Waals surface area contributed by atoms with Gasteiger partial charge in [-0.3, -0.25) is 4.79 Å². The zero-order valence-corrected chi connectivity index (χ0v) is 10.1. The predicted octanol–water partition coefficient (Wildman–Crippen LogP) is 2.12. The molecular formula is C12H13FN2O3. The highest BCUT2D eigenvalue weighted by Crippen LogP contribution is 2.23. The number of oxazole rings is 1. The molecule has 18 heavy (non-hydrogen) atoms. The SMILES string of the molecule is CC(CN(C)c1nc2c(F)cccc2o1)C(=O)O. The maximum absolute atomic E-state index is 13.4. The highest BCUT2D eigenvalue weighted by Gasteiger charge is 2.18. The normalized spacial score (nSPS) is 12.6. The average Bonchev–Trinajstić information content (AvgIpc) is 2.74. The smallest absolute Gasteiger partial charge is 0.308 e. The van der Waals surface area contributed by atoms with Crippen molar-refractivity contribution in [1.29, 1.82) is 0 Å². The lowest BCUT2D eigenvalue weighted by atomic mass is 10.2.